The van der Waals surface area contributed by atoms with E-state index in [1.54, 1.807) is 12.4 Å². The molecule has 0 aliphatic rings. The number of ketones is 3. The molecule has 0 atom stereocenters. The van der Waals surface area contributed by atoms with Crippen LogP contribution in [0.1, 0.15) is 103 Å². The van der Waals surface area contributed by atoms with Crippen molar-refractivity contribution in [2.75, 3.05) is 0 Å². The van der Waals surface area contributed by atoms with Gasteiger partial charge in [-0.2, -0.15) is 0 Å². The molecule has 0 aliphatic carbocycles. The van der Waals surface area contributed by atoms with E-state index in [9.17, 15) is 14.4 Å². The smallest absolute Gasteiger partial charge is 0.512 e. The fourth-order valence-corrected chi connectivity index (χ4v) is 15.9. The predicted octanol–water partition coefficient (Wildman–Crippen LogP) is 29.9. The molecule has 0 unspecified atom stereocenters. The topological polar surface area (TPSA) is 202 Å². The van der Waals surface area contributed by atoms with Gasteiger partial charge >= 0.3 is 21.1 Å². The second-order valence-electron chi connectivity index (χ2n) is 34.4. The van der Waals surface area contributed by atoms with Crippen molar-refractivity contribution in [3.8, 4) is 78.7 Å². The summed E-state index contributed by atoms with van der Waals surface area (Å²) in [4.78, 5) is 62.2. The average Bonchev–Trinajstić information content (AvgIpc) is 0.810. The minimum Gasteiger partial charge on any atom is -0.512 e. The van der Waals surface area contributed by atoms with Gasteiger partial charge in [-0.05, 0) is 172 Å². The first-order valence-corrected chi connectivity index (χ1v) is 48.6. The van der Waals surface area contributed by atoms with Crippen molar-refractivity contribution in [3.05, 3.63) is 455 Å². The van der Waals surface area contributed by atoms with Crippen molar-refractivity contribution < 1.29 is 131 Å². The minimum atomic E-state index is -1.28. The molecule has 0 amide bonds. The van der Waals surface area contributed by atoms with Crippen molar-refractivity contribution in [1.82, 2.24) is 29.9 Å². The van der Waals surface area contributed by atoms with E-state index in [0.717, 1.165) is 112 Å². The van der Waals surface area contributed by atoms with Gasteiger partial charge in [-0.25, -0.2) is 0 Å². The number of carbonyl (C=O) groups is 3. The third kappa shape index (κ3) is 38.3. The van der Waals surface area contributed by atoms with Gasteiger partial charge in [-0.3, -0.25) is 29.3 Å². The molecule has 13 nitrogen and oxygen atoms in total. The van der Waals surface area contributed by atoms with E-state index in [4.69, 9.17) is 30.3 Å². The molecule has 4 radical (unpaired) electrons. The van der Waals surface area contributed by atoms with Crippen LogP contribution in [0.2, 0.25) is 19.6 Å². The van der Waals surface area contributed by atoms with Crippen molar-refractivity contribution in [2.45, 2.75) is 130 Å². The van der Waals surface area contributed by atoms with Crippen LogP contribution < -0.4 is 5.19 Å². The van der Waals surface area contributed by atoms with Crippen LogP contribution in [-0.2, 0) is 116 Å². The molecule has 142 heavy (non-hydrogen) atoms. The van der Waals surface area contributed by atoms with E-state index in [-0.39, 0.29) is 136 Å². The van der Waals surface area contributed by atoms with Crippen LogP contribution in [0.15, 0.2) is 356 Å². The van der Waals surface area contributed by atoms with Crippen molar-refractivity contribution in [2.24, 2.45) is 4.99 Å². The van der Waals surface area contributed by atoms with Crippen LogP contribution in [0.5, 0.6) is 0 Å². The summed E-state index contributed by atoms with van der Waals surface area (Å²) in [7, 11) is -1.28. The van der Waals surface area contributed by atoms with Gasteiger partial charge in [0.15, 0.2) is 17.3 Å². The van der Waals surface area contributed by atoms with Gasteiger partial charge in [0, 0.05) is 140 Å². The number of hydrogen-bond acceptors (Lipinski definition) is 13. The molecular formula is C123H116Ir4N7O6PtSi-5. The fraction of sp³-hybridized carbons (Fsp3) is 0.154. The number of carbonyl (C=O) groups excluding carboxylic acids is 3. The third-order valence-corrected chi connectivity index (χ3v) is 23.0. The number of allylic oxidation sites excluding steroid dienone is 6. The average molecular weight is 2780 g/mol. The van der Waals surface area contributed by atoms with Crippen LogP contribution in [0.4, 0.5) is 5.69 Å². The molecule has 12 aromatic carbocycles. The number of para-hydroxylation sites is 1. The molecule has 734 valence electrons. The molecule has 18 aromatic rings. The Morgan fingerprint density at radius 2 is 0.782 bits per heavy atom. The number of rotatable bonds is 13. The molecule has 0 bridgehead atoms. The minimum absolute atomic E-state index is 0. The van der Waals surface area contributed by atoms with Gasteiger partial charge in [0.2, 0.25) is 0 Å². The molecule has 3 N–H and O–H groups in total. The standard InChI is InChI=1S/C24H16N2.C20H22NSi.C19H18N.2C17H14N.C11H8N.3C5H8O2.4Ir.Pt/c1-2-10-20(11-3-1)22-13-4-5-15-24(22)26-18-19-9-8-12-21(17-19)23-14-6-7-16-25-23;1-14-10-15(2)12-17(11-14)20-8-6-16-13-18(22(3,4)5)7-9-19(16)21-20;1-12-5-6-17-15(4)11-18(20-19(17)10-12)16-8-13(2)7-14(3)9-16;2*1-12-6-5-8-14(10-12)17-13(2)16-9-4-3-7-15(16)11-18-17;1-2-6-10(7-3-1)11-8-4-5-9-12-11;3*1-4(6)3-5(2)7;;;;;/h1-10,12-16,18H;6-11,13H,1-5H3;5-8,10-11H,1-4H3;2*3-7,9-11H,1-2H3;1-6,8-9H;3*3,6H,1-2H3;;;;;/q-2;5*-1;;;;;;;;+2. The van der Waals surface area contributed by atoms with E-state index in [1.807, 2.05) is 164 Å². The summed E-state index contributed by atoms with van der Waals surface area (Å²) in [6.07, 6.45) is 12.8. The number of aliphatic imine (C=N–C) groups is 1. The monoisotopic (exact) mass is 2780 g/mol. The van der Waals surface area contributed by atoms with Crippen molar-refractivity contribution in [3.63, 3.8) is 0 Å². The first kappa shape index (κ1) is 120. The Labute approximate surface area is 907 Å². The molecular weight excluding hydrogens is 2660 g/mol. The van der Waals surface area contributed by atoms with Crippen LogP contribution in [0.25, 0.3) is 122 Å². The van der Waals surface area contributed by atoms with Crippen LogP contribution in [-0.4, -0.2) is 76.9 Å². The number of aromatic nitrogens is 6. The van der Waals surface area contributed by atoms with Gasteiger partial charge in [-0.15, -0.1) is 242 Å². The SMILES string of the molecule is CC(=O)C=C(C)O.CC(=O)C=C(C)O.CC(=O)C=C(C)O.Cc1[c-]c(-c2cc(C)c3ccc(C)cc3n2)cc(C)c1.Cc1[c-]c(-c2ccc3cc([Si](C)(C)C)ccc3n2)cc(C)c1.Cc1cc[c-]c(-c2ncc3ccccc3c2C)c1.Cc1cc[c-]c(-c2ncc3ccccc3c2C)c1.[Ir].[Ir].[Ir].[Ir].[Pt+2].[c-]1c(C=Nc2ccccc2-c2[c-]cccc2)cccc1-c1ccccn1.[c-]1ccccc1-c1ccccn1. The molecule has 0 saturated heterocycles. The maximum Gasteiger partial charge on any atom is 2.00 e. The van der Waals surface area contributed by atoms with Crippen molar-refractivity contribution in [1.29, 1.82) is 0 Å². The van der Waals surface area contributed by atoms with E-state index in [1.165, 1.54) is 142 Å². The summed E-state index contributed by atoms with van der Waals surface area (Å²) in [6, 6.07) is 122. The Bertz CT molecular complexity index is 7040. The Balaban J connectivity index is 0.000000289. The summed E-state index contributed by atoms with van der Waals surface area (Å²) in [5.74, 6) is -0.187. The number of benzene rings is 12. The van der Waals surface area contributed by atoms with E-state index in [2.05, 4.69) is 297 Å². The zero-order valence-electron chi connectivity index (χ0n) is 83.2. The largest absolute Gasteiger partial charge is 2.00 e. The zero-order valence-corrected chi connectivity index (χ0v) is 96.0. The van der Waals surface area contributed by atoms with E-state index < -0.39 is 8.07 Å². The van der Waals surface area contributed by atoms with Gasteiger partial charge in [0.05, 0.1) is 36.4 Å². The number of pyridine rings is 6. The molecule has 0 saturated carbocycles. The summed E-state index contributed by atoms with van der Waals surface area (Å²) >= 11 is 0. The van der Waals surface area contributed by atoms with Gasteiger partial charge in [0.1, 0.15) is 0 Å². The quantitative estimate of drug-likeness (QED) is 0.0325. The number of fused-ring (bicyclic) bond motifs is 4. The molecule has 6 aromatic heterocycles. The summed E-state index contributed by atoms with van der Waals surface area (Å²) in [6.45, 7) is 36.7. The normalized spacial score (nSPS) is 10.6. The number of aliphatic hydroxyl groups is 3. The molecule has 6 heterocycles. The first-order chi connectivity index (χ1) is 65.6. The number of aryl methyl sites for hydroxylation is 10. The summed E-state index contributed by atoms with van der Waals surface area (Å²) in [5, 5.41) is 33.9. The fourth-order valence-electron chi connectivity index (χ4n) is 14.8. The Hall–Kier alpha value is -12.6. The maximum absolute atomic E-state index is 10.0. The number of nitrogens with zero attached hydrogens (tertiary/aromatic N) is 7. The number of hydrogen-bond donors (Lipinski definition) is 3. The van der Waals surface area contributed by atoms with E-state index >= 15 is 0 Å². The molecule has 19 heteroatoms. The van der Waals surface area contributed by atoms with Gasteiger partial charge < -0.3 is 35.3 Å². The predicted molar refractivity (Wildman–Crippen MR) is 571 cm³/mol. The molecule has 18 rings (SSSR count). The van der Waals surface area contributed by atoms with Gasteiger partial charge in [0.25, 0.3) is 0 Å². The van der Waals surface area contributed by atoms with Gasteiger partial charge in [-0.1, -0.05) is 222 Å². The first-order valence-electron chi connectivity index (χ1n) is 45.1. The Kier molecular flexibility index (Phi) is 50.6. The second kappa shape index (κ2) is 60.0. The number of aliphatic hydroxyl groups excluding tert-OH is 3. The molecule has 0 aliphatic heterocycles. The van der Waals surface area contributed by atoms with Crippen molar-refractivity contribution >= 4 is 85.9 Å². The summed E-state index contributed by atoms with van der Waals surface area (Å²) in [5.41, 5.74) is 30.5. The third-order valence-electron chi connectivity index (χ3n) is 21.0. The molecule has 0 spiro atoms. The van der Waals surface area contributed by atoms with Crippen LogP contribution in [0, 0.1) is 112 Å². The maximum atomic E-state index is 10.0. The molecule has 0 fully saturated rings. The second-order valence-corrected chi connectivity index (χ2v) is 39.4. The Morgan fingerprint density at radius 1 is 0.338 bits per heavy atom. The van der Waals surface area contributed by atoms with Crippen LogP contribution in [0.3, 0.4) is 0 Å². The Morgan fingerprint density at radius 3 is 1.25 bits per heavy atom. The zero-order chi connectivity index (χ0) is 98.7. The van der Waals surface area contributed by atoms with E-state index in [0.29, 0.717) is 0 Å². The summed E-state index contributed by atoms with van der Waals surface area (Å²) < 4.78 is 0. The van der Waals surface area contributed by atoms with Crippen LogP contribution >= 0.6 is 0 Å².